The SMILES string of the molecule is CC(C)OCC1(O)CCCC1C. The molecule has 0 spiro atoms. The van der Waals surface area contributed by atoms with Gasteiger partial charge in [-0.05, 0) is 32.6 Å². The predicted octanol–water partition coefficient (Wildman–Crippen LogP) is 1.96. The highest BCUT2D eigenvalue weighted by molar-refractivity contribution is 4.89. The Balaban J connectivity index is 2.37. The van der Waals surface area contributed by atoms with Crippen LogP contribution in [0.1, 0.15) is 40.0 Å². The highest BCUT2D eigenvalue weighted by atomic mass is 16.5. The maximum absolute atomic E-state index is 10.1. The van der Waals surface area contributed by atoms with Gasteiger partial charge in [0.25, 0.3) is 0 Å². The molecule has 2 nitrogen and oxygen atoms in total. The van der Waals surface area contributed by atoms with Crippen LogP contribution in [0.3, 0.4) is 0 Å². The van der Waals surface area contributed by atoms with E-state index in [9.17, 15) is 5.11 Å². The van der Waals surface area contributed by atoms with E-state index in [1.807, 2.05) is 13.8 Å². The highest BCUT2D eigenvalue weighted by Gasteiger charge is 2.38. The summed E-state index contributed by atoms with van der Waals surface area (Å²) < 4.78 is 5.45. The van der Waals surface area contributed by atoms with Crippen molar-refractivity contribution in [2.24, 2.45) is 5.92 Å². The molecule has 0 bridgehead atoms. The number of hydrogen-bond donors (Lipinski definition) is 1. The molecule has 12 heavy (non-hydrogen) atoms. The fraction of sp³-hybridized carbons (Fsp3) is 1.00. The fourth-order valence-corrected chi connectivity index (χ4v) is 1.75. The summed E-state index contributed by atoms with van der Waals surface area (Å²) in [4.78, 5) is 0. The molecular formula is C10H20O2. The lowest BCUT2D eigenvalue weighted by molar-refractivity contribution is -0.0820. The molecule has 72 valence electrons. The molecule has 0 aromatic rings. The normalized spacial score (nSPS) is 36.2. The van der Waals surface area contributed by atoms with Crippen LogP contribution in [0, 0.1) is 5.92 Å². The molecule has 1 aliphatic carbocycles. The summed E-state index contributed by atoms with van der Waals surface area (Å²) in [5.41, 5.74) is -0.537. The Morgan fingerprint density at radius 2 is 2.25 bits per heavy atom. The first-order valence-corrected chi connectivity index (χ1v) is 4.88. The number of ether oxygens (including phenoxy) is 1. The molecule has 0 saturated heterocycles. The summed E-state index contributed by atoms with van der Waals surface area (Å²) in [6, 6.07) is 0. The maximum Gasteiger partial charge on any atom is 0.0905 e. The zero-order valence-electron chi connectivity index (χ0n) is 8.34. The fourth-order valence-electron chi connectivity index (χ4n) is 1.75. The van der Waals surface area contributed by atoms with Gasteiger partial charge in [-0.2, -0.15) is 0 Å². The van der Waals surface area contributed by atoms with Gasteiger partial charge in [0.2, 0.25) is 0 Å². The Morgan fingerprint density at radius 1 is 1.58 bits per heavy atom. The first-order chi connectivity index (χ1) is 5.54. The highest BCUT2D eigenvalue weighted by Crippen LogP contribution is 2.35. The minimum absolute atomic E-state index is 0.224. The van der Waals surface area contributed by atoms with Gasteiger partial charge >= 0.3 is 0 Å². The quantitative estimate of drug-likeness (QED) is 0.705. The van der Waals surface area contributed by atoms with Gasteiger partial charge in [0.15, 0.2) is 0 Å². The average molecular weight is 172 g/mol. The summed E-state index contributed by atoms with van der Waals surface area (Å²) >= 11 is 0. The molecule has 1 fully saturated rings. The Hall–Kier alpha value is -0.0800. The Kier molecular flexibility index (Phi) is 3.13. The van der Waals surface area contributed by atoms with Crippen LogP contribution in [-0.4, -0.2) is 23.4 Å². The Morgan fingerprint density at radius 3 is 2.67 bits per heavy atom. The average Bonchev–Trinajstić information content (AvgIpc) is 2.30. The van der Waals surface area contributed by atoms with Crippen LogP contribution in [0.15, 0.2) is 0 Å². The van der Waals surface area contributed by atoms with Gasteiger partial charge in [0.1, 0.15) is 0 Å². The van der Waals surface area contributed by atoms with E-state index in [2.05, 4.69) is 6.92 Å². The van der Waals surface area contributed by atoms with Crippen molar-refractivity contribution in [3.05, 3.63) is 0 Å². The van der Waals surface area contributed by atoms with Crippen LogP contribution in [-0.2, 0) is 4.74 Å². The first-order valence-electron chi connectivity index (χ1n) is 4.88. The summed E-state index contributed by atoms with van der Waals surface area (Å²) in [6.07, 6.45) is 3.40. The van der Waals surface area contributed by atoms with Gasteiger partial charge in [0.05, 0.1) is 18.3 Å². The van der Waals surface area contributed by atoms with Crippen LogP contribution in [0.2, 0.25) is 0 Å². The molecule has 2 atom stereocenters. The molecular weight excluding hydrogens is 152 g/mol. The largest absolute Gasteiger partial charge is 0.387 e. The van der Waals surface area contributed by atoms with E-state index in [4.69, 9.17) is 4.74 Å². The van der Waals surface area contributed by atoms with Crippen molar-refractivity contribution in [3.63, 3.8) is 0 Å². The van der Waals surface area contributed by atoms with E-state index in [0.29, 0.717) is 12.5 Å². The Bertz CT molecular complexity index is 145. The second-order valence-electron chi connectivity index (χ2n) is 4.26. The van der Waals surface area contributed by atoms with E-state index in [1.54, 1.807) is 0 Å². The monoisotopic (exact) mass is 172 g/mol. The molecule has 0 amide bonds. The van der Waals surface area contributed by atoms with Crippen LogP contribution in [0.4, 0.5) is 0 Å². The van der Waals surface area contributed by atoms with E-state index in [0.717, 1.165) is 19.3 Å². The molecule has 1 rings (SSSR count). The number of aliphatic hydroxyl groups is 1. The minimum atomic E-state index is -0.537. The summed E-state index contributed by atoms with van der Waals surface area (Å²) in [6.45, 7) is 6.62. The Labute approximate surface area is 74.9 Å². The van der Waals surface area contributed by atoms with Crippen molar-refractivity contribution in [1.29, 1.82) is 0 Å². The molecule has 2 heteroatoms. The van der Waals surface area contributed by atoms with Gasteiger partial charge in [-0.1, -0.05) is 13.3 Å². The van der Waals surface area contributed by atoms with Crippen molar-refractivity contribution in [2.75, 3.05) is 6.61 Å². The molecule has 1 aliphatic rings. The van der Waals surface area contributed by atoms with Gasteiger partial charge in [-0.3, -0.25) is 0 Å². The first kappa shape index (κ1) is 10.0. The predicted molar refractivity (Wildman–Crippen MR) is 49.1 cm³/mol. The molecule has 0 radical (unpaired) electrons. The van der Waals surface area contributed by atoms with Crippen LogP contribution >= 0.6 is 0 Å². The van der Waals surface area contributed by atoms with Crippen molar-refractivity contribution < 1.29 is 9.84 Å². The van der Waals surface area contributed by atoms with E-state index in [-0.39, 0.29) is 6.10 Å². The maximum atomic E-state index is 10.1. The van der Waals surface area contributed by atoms with Crippen molar-refractivity contribution in [1.82, 2.24) is 0 Å². The number of hydrogen-bond acceptors (Lipinski definition) is 2. The van der Waals surface area contributed by atoms with Crippen molar-refractivity contribution >= 4 is 0 Å². The van der Waals surface area contributed by atoms with E-state index >= 15 is 0 Å². The van der Waals surface area contributed by atoms with Crippen LogP contribution in [0.25, 0.3) is 0 Å². The lowest BCUT2D eigenvalue weighted by atomic mass is 9.93. The second-order valence-corrected chi connectivity index (χ2v) is 4.26. The zero-order chi connectivity index (χ0) is 9.19. The topological polar surface area (TPSA) is 29.5 Å². The van der Waals surface area contributed by atoms with Gasteiger partial charge in [0, 0.05) is 0 Å². The van der Waals surface area contributed by atoms with Gasteiger partial charge in [-0.15, -0.1) is 0 Å². The molecule has 0 aromatic carbocycles. The third kappa shape index (κ3) is 2.20. The smallest absolute Gasteiger partial charge is 0.0905 e. The van der Waals surface area contributed by atoms with Crippen LogP contribution < -0.4 is 0 Å². The third-order valence-electron chi connectivity index (χ3n) is 2.83. The zero-order valence-corrected chi connectivity index (χ0v) is 8.34. The standard InChI is InChI=1S/C10H20O2/c1-8(2)12-7-10(11)6-4-5-9(10)3/h8-9,11H,4-7H2,1-3H3. The van der Waals surface area contributed by atoms with Crippen LogP contribution in [0.5, 0.6) is 0 Å². The summed E-state index contributed by atoms with van der Waals surface area (Å²) in [5, 5.41) is 10.1. The third-order valence-corrected chi connectivity index (χ3v) is 2.83. The van der Waals surface area contributed by atoms with Gasteiger partial charge < -0.3 is 9.84 Å². The van der Waals surface area contributed by atoms with E-state index in [1.165, 1.54) is 0 Å². The minimum Gasteiger partial charge on any atom is -0.387 e. The lowest BCUT2D eigenvalue weighted by Crippen LogP contribution is -2.37. The molecule has 2 unspecified atom stereocenters. The van der Waals surface area contributed by atoms with Crippen molar-refractivity contribution in [2.45, 2.75) is 51.7 Å². The number of rotatable bonds is 3. The molecule has 0 heterocycles. The molecule has 0 aliphatic heterocycles. The summed E-state index contributed by atoms with van der Waals surface area (Å²) in [5.74, 6) is 0.399. The lowest BCUT2D eigenvalue weighted by Gasteiger charge is -2.28. The van der Waals surface area contributed by atoms with Gasteiger partial charge in [-0.25, -0.2) is 0 Å². The van der Waals surface area contributed by atoms with Crippen molar-refractivity contribution in [3.8, 4) is 0 Å². The second kappa shape index (κ2) is 3.75. The summed E-state index contributed by atoms with van der Waals surface area (Å²) in [7, 11) is 0. The molecule has 0 aromatic heterocycles. The molecule has 1 saturated carbocycles. The van der Waals surface area contributed by atoms with E-state index < -0.39 is 5.60 Å². The molecule has 1 N–H and O–H groups in total.